The Kier molecular flexibility index (Phi) is 7.25. The molecular formula is C52H34. The molecule has 10 aromatic rings. The number of fused-ring (bicyclic) bond motifs is 4. The van der Waals surface area contributed by atoms with Crippen molar-refractivity contribution in [1.29, 1.82) is 0 Å². The van der Waals surface area contributed by atoms with Gasteiger partial charge in [-0.1, -0.05) is 182 Å². The van der Waals surface area contributed by atoms with Gasteiger partial charge in [0.05, 0.1) is 0 Å². The van der Waals surface area contributed by atoms with Crippen LogP contribution in [0, 0.1) is 0 Å². The molecule has 0 spiro atoms. The molecule has 0 saturated heterocycles. The summed E-state index contributed by atoms with van der Waals surface area (Å²) >= 11 is 0. The third-order valence-electron chi connectivity index (χ3n) is 10.6. The van der Waals surface area contributed by atoms with E-state index in [0.29, 0.717) is 0 Å². The van der Waals surface area contributed by atoms with E-state index < -0.39 is 0 Å². The zero-order valence-corrected chi connectivity index (χ0v) is 28.6. The van der Waals surface area contributed by atoms with Gasteiger partial charge >= 0.3 is 0 Å². The minimum atomic E-state index is 1.22. The van der Waals surface area contributed by atoms with E-state index in [1.165, 1.54) is 98.7 Å². The lowest BCUT2D eigenvalue weighted by molar-refractivity contribution is 1.61. The van der Waals surface area contributed by atoms with Crippen molar-refractivity contribution in [2.24, 2.45) is 0 Å². The second kappa shape index (κ2) is 12.5. The summed E-state index contributed by atoms with van der Waals surface area (Å²) in [6.07, 6.45) is 0. The first-order chi connectivity index (χ1) is 25.8. The summed E-state index contributed by atoms with van der Waals surface area (Å²) < 4.78 is 0. The quantitative estimate of drug-likeness (QED) is 0.161. The fraction of sp³-hybridized carbons (Fsp3) is 0. The second-order valence-electron chi connectivity index (χ2n) is 13.7. The minimum absolute atomic E-state index is 1.22. The van der Waals surface area contributed by atoms with Crippen molar-refractivity contribution >= 4 is 43.1 Å². The molecule has 0 amide bonds. The van der Waals surface area contributed by atoms with Gasteiger partial charge in [0.1, 0.15) is 0 Å². The van der Waals surface area contributed by atoms with E-state index >= 15 is 0 Å². The van der Waals surface area contributed by atoms with Crippen LogP contribution in [0.3, 0.4) is 0 Å². The SMILES string of the molecule is c1ccc(-c2ccc3cc(-c4cccc(-c5c6ccccc6c(-c6ccc(-c7ccc8ccccc8c7)cc6)c6ccccc56)c4)ccc3c2)cc1. The average molecular weight is 659 g/mol. The van der Waals surface area contributed by atoms with Crippen LogP contribution in [0.25, 0.3) is 98.7 Å². The highest BCUT2D eigenvalue weighted by Gasteiger charge is 2.17. The van der Waals surface area contributed by atoms with Crippen LogP contribution in [0.2, 0.25) is 0 Å². The van der Waals surface area contributed by atoms with Gasteiger partial charge in [-0.2, -0.15) is 0 Å². The summed E-state index contributed by atoms with van der Waals surface area (Å²) in [4.78, 5) is 0. The molecule has 0 atom stereocenters. The lowest BCUT2D eigenvalue weighted by Crippen LogP contribution is -1.91. The number of hydrogen-bond acceptors (Lipinski definition) is 0. The largest absolute Gasteiger partial charge is 0.0622 e. The molecule has 0 radical (unpaired) electrons. The number of rotatable bonds is 5. The Bertz CT molecular complexity index is 2880. The summed E-state index contributed by atoms with van der Waals surface area (Å²) in [6, 6.07) is 75.5. The molecule has 0 saturated carbocycles. The number of benzene rings is 10. The van der Waals surface area contributed by atoms with Gasteiger partial charge < -0.3 is 0 Å². The summed E-state index contributed by atoms with van der Waals surface area (Å²) in [5.41, 5.74) is 12.4. The Hall–Kier alpha value is -6.76. The summed E-state index contributed by atoms with van der Waals surface area (Å²) in [5.74, 6) is 0. The van der Waals surface area contributed by atoms with Gasteiger partial charge in [-0.25, -0.2) is 0 Å². The van der Waals surface area contributed by atoms with Crippen LogP contribution in [0.1, 0.15) is 0 Å². The first-order valence-corrected chi connectivity index (χ1v) is 18.0. The maximum atomic E-state index is 2.37. The smallest absolute Gasteiger partial charge is 0.00262 e. The lowest BCUT2D eigenvalue weighted by atomic mass is 9.85. The van der Waals surface area contributed by atoms with Crippen molar-refractivity contribution in [3.8, 4) is 55.6 Å². The van der Waals surface area contributed by atoms with Crippen molar-refractivity contribution in [3.63, 3.8) is 0 Å². The molecule has 10 rings (SSSR count). The third-order valence-corrected chi connectivity index (χ3v) is 10.6. The van der Waals surface area contributed by atoms with E-state index in [1.807, 2.05) is 0 Å². The van der Waals surface area contributed by atoms with Gasteiger partial charge in [-0.15, -0.1) is 0 Å². The first-order valence-electron chi connectivity index (χ1n) is 18.0. The molecule has 0 unspecified atom stereocenters. The molecule has 10 aromatic carbocycles. The van der Waals surface area contributed by atoms with E-state index in [-0.39, 0.29) is 0 Å². The van der Waals surface area contributed by atoms with Gasteiger partial charge in [-0.05, 0) is 123 Å². The lowest BCUT2D eigenvalue weighted by Gasteiger charge is -2.18. The average Bonchev–Trinajstić information content (AvgIpc) is 3.22. The van der Waals surface area contributed by atoms with E-state index in [2.05, 4.69) is 206 Å². The van der Waals surface area contributed by atoms with Crippen molar-refractivity contribution in [3.05, 3.63) is 206 Å². The van der Waals surface area contributed by atoms with Crippen LogP contribution in [0.15, 0.2) is 206 Å². The van der Waals surface area contributed by atoms with Crippen molar-refractivity contribution in [2.45, 2.75) is 0 Å². The normalized spacial score (nSPS) is 11.5. The predicted molar refractivity (Wildman–Crippen MR) is 224 cm³/mol. The molecule has 0 bridgehead atoms. The fourth-order valence-electron chi connectivity index (χ4n) is 8.04. The zero-order valence-electron chi connectivity index (χ0n) is 28.6. The van der Waals surface area contributed by atoms with Crippen LogP contribution >= 0.6 is 0 Å². The second-order valence-corrected chi connectivity index (χ2v) is 13.7. The van der Waals surface area contributed by atoms with Gasteiger partial charge in [-0.3, -0.25) is 0 Å². The van der Waals surface area contributed by atoms with Crippen LogP contribution in [0.4, 0.5) is 0 Å². The Morgan fingerprint density at radius 3 is 1.12 bits per heavy atom. The van der Waals surface area contributed by atoms with Crippen LogP contribution in [-0.4, -0.2) is 0 Å². The number of hydrogen-bond donors (Lipinski definition) is 0. The molecule has 0 N–H and O–H groups in total. The maximum Gasteiger partial charge on any atom is -0.00262 e. The van der Waals surface area contributed by atoms with E-state index in [9.17, 15) is 0 Å². The zero-order chi connectivity index (χ0) is 34.4. The highest BCUT2D eigenvalue weighted by molar-refractivity contribution is 6.21. The molecule has 0 aliphatic carbocycles. The molecule has 0 aromatic heterocycles. The van der Waals surface area contributed by atoms with Crippen LogP contribution < -0.4 is 0 Å². The molecular weight excluding hydrogens is 625 g/mol. The summed E-state index contributed by atoms with van der Waals surface area (Å²) in [6.45, 7) is 0. The fourth-order valence-corrected chi connectivity index (χ4v) is 8.04. The first kappa shape index (κ1) is 30.1. The molecule has 0 heteroatoms. The summed E-state index contributed by atoms with van der Waals surface area (Å²) in [7, 11) is 0. The Labute approximate surface area is 303 Å². The third kappa shape index (κ3) is 5.25. The highest BCUT2D eigenvalue weighted by Crippen LogP contribution is 2.44. The highest BCUT2D eigenvalue weighted by atomic mass is 14.2. The van der Waals surface area contributed by atoms with Crippen molar-refractivity contribution < 1.29 is 0 Å². The van der Waals surface area contributed by atoms with Crippen LogP contribution in [0.5, 0.6) is 0 Å². The molecule has 52 heavy (non-hydrogen) atoms. The van der Waals surface area contributed by atoms with E-state index in [4.69, 9.17) is 0 Å². The standard InChI is InChI=1S/C52H34/c1-2-11-35(12-3-1)41-27-28-45-33-43(29-30-44(45)32-41)40-15-10-16-46(34-40)52-49-19-8-6-17-47(49)51(48-18-7-9-20-50(48)52)38-24-21-37(22-25-38)42-26-23-36-13-4-5-14-39(36)31-42/h1-34H. The summed E-state index contributed by atoms with van der Waals surface area (Å²) in [5, 5.41) is 10.1. The molecule has 242 valence electrons. The van der Waals surface area contributed by atoms with Gasteiger partial charge in [0.2, 0.25) is 0 Å². The Balaban J connectivity index is 1.07. The van der Waals surface area contributed by atoms with E-state index in [1.54, 1.807) is 0 Å². The van der Waals surface area contributed by atoms with E-state index in [0.717, 1.165) is 0 Å². The van der Waals surface area contributed by atoms with Gasteiger partial charge in [0.15, 0.2) is 0 Å². The molecule has 0 heterocycles. The van der Waals surface area contributed by atoms with Crippen LogP contribution in [-0.2, 0) is 0 Å². The molecule has 0 aliphatic rings. The monoisotopic (exact) mass is 658 g/mol. The Morgan fingerprint density at radius 1 is 0.173 bits per heavy atom. The molecule has 0 nitrogen and oxygen atoms in total. The van der Waals surface area contributed by atoms with Crippen molar-refractivity contribution in [1.82, 2.24) is 0 Å². The minimum Gasteiger partial charge on any atom is -0.0622 e. The Morgan fingerprint density at radius 2 is 0.519 bits per heavy atom. The van der Waals surface area contributed by atoms with Gasteiger partial charge in [0.25, 0.3) is 0 Å². The topological polar surface area (TPSA) is 0 Å². The van der Waals surface area contributed by atoms with Gasteiger partial charge in [0, 0.05) is 0 Å². The van der Waals surface area contributed by atoms with Crippen molar-refractivity contribution in [2.75, 3.05) is 0 Å². The molecule has 0 fully saturated rings. The predicted octanol–water partition coefficient (Wildman–Crippen LogP) is 14.6. The molecule has 0 aliphatic heterocycles. The maximum absolute atomic E-state index is 2.37.